The molecule has 0 N–H and O–H groups in total. The van der Waals surface area contributed by atoms with E-state index in [1.165, 1.54) is 0 Å². The Bertz CT molecular complexity index is 213. The Morgan fingerprint density at radius 1 is 1.40 bits per heavy atom. The molecule has 0 radical (unpaired) electrons. The van der Waals surface area contributed by atoms with Crippen LogP contribution in [0.25, 0.3) is 0 Å². The summed E-state index contributed by atoms with van der Waals surface area (Å²) >= 11 is 0. The molecule has 4 nitrogen and oxygen atoms in total. The summed E-state index contributed by atoms with van der Waals surface area (Å²) < 4.78 is 22.3. The van der Waals surface area contributed by atoms with Crippen molar-refractivity contribution in [1.82, 2.24) is 0 Å². The maximum absolute atomic E-state index is 5.81. The standard InChI is InChI=1S/C11H20O4/c1-7(6-12-4)8-5-9-10(13-8)15-11(2,3)14-9/h7-10H,5-6H2,1-4H3. The molecule has 2 aliphatic heterocycles. The topological polar surface area (TPSA) is 36.9 Å². The second kappa shape index (κ2) is 4.01. The minimum atomic E-state index is -0.495. The maximum atomic E-state index is 5.81. The monoisotopic (exact) mass is 216 g/mol. The van der Waals surface area contributed by atoms with E-state index in [-0.39, 0.29) is 18.5 Å². The van der Waals surface area contributed by atoms with Gasteiger partial charge in [-0.25, -0.2) is 0 Å². The second-order valence-electron chi connectivity index (χ2n) is 4.89. The van der Waals surface area contributed by atoms with Crippen LogP contribution >= 0.6 is 0 Å². The fourth-order valence-electron chi connectivity index (χ4n) is 2.27. The van der Waals surface area contributed by atoms with Crippen LogP contribution in [0.4, 0.5) is 0 Å². The fraction of sp³-hybridized carbons (Fsp3) is 1.00. The minimum Gasteiger partial charge on any atom is -0.384 e. The highest BCUT2D eigenvalue weighted by atomic mass is 16.8. The Morgan fingerprint density at radius 2 is 2.13 bits per heavy atom. The van der Waals surface area contributed by atoms with Crippen LogP contribution in [0.2, 0.25) is 0 Å². The molecule has 0 aromatic rings. The molecular formula is C11H20O4. The maximum Gasteiger partial charge on any atom is 0.187 e. The lowest BCUT2D eigenvalue weighted by Crippen LogP contribution is -2.28. The number of hydrogen-bond acceptors (Lipinski definition) is 4. The van der Waals surface area contributed by atoms with E-state index in [2.05, 4.69) is 6.92 Å². The van der Waals surface area contributed by atoms with Crippen molar-refractivity contribution in [3.63, 3.8) is 0 Å². The lowest BCUT2D eigenvalue weighted by atomic mass is 10.0. The quantitative estimate of drug-likeness (QED) is 0.717. The van der Waals surface area contributed by atoms with Crippen LogP contribution in [0.3, 0.4) is 0 Å². The molecule has 88 valence electrons. The zero-order valence-corrected chi connectivity index (χ0v) is 9.86. The van der Waals surface area contributed by atoms with E-state index in [0.717, 1.165) is 6.42 Å². The molecule has 2 saturated heterocycles. The van der Waals surface area contributed by atoms with Crippen LogP contribution in [0.1, 0.15) is 27.2 Å². The molecule has 0 saturated carbocycles. The Balaban J connectivity index is 1.88. The Hall–Kier alpha value is -0.160. The Kier molecular flexibility index (Phi) is 3.03. The average Bonchev–Trinajstić information content (AvgIpc) is 2.57. The summed E-state index contributed by atoms with van der Waals surface area (Å²) in [5.41, 5.74) is 0. The summed E-state index contributed by atoms with van der Waals surface area (Å²) in [5.74, 6) is -0.110. The van der Waals surface area contributed by atoms with Gasteiger partial charge in [-0.3, -0.25) is 0 Å². The van der Waals surface area contributed by atoms with Gasteiger partial charge in [0.15, 0.2) is 12.1 Å². The van der Waals surface area contributed by atoms with E-state index in [1.807, 2.05) is 13.8 Å². The SMILES string of the molecule is COCC(C)C1CC2OC(C)(C)OC2O1. The van der Waals surface area contributed by atoms with Crippen molar-refractivity contribution in [2.24, 2.45) is 5.92 Å². The molecule has 2 fully saturated rings. The molecule has 2 heterocycles. The molecule has 4 heteroatoms. The van der Waals surface area contributed by atoms with Crippen molar-refractivity contribution in [2.45, 2.75) is 51.5 Å². The predicted molar refractivity (Wildman–Crippen MR) is 54.4 cm³/mol. The Labute approximate surface area is 90.8 Å². The predicted octanol–water partition coefficient (Wildman–Crippen LogP) is 1.54. The first-order chi connectivity index (χ1) is 7.02. The van der Waals surface area contributed by atoms with Gasteiger partial charge in [0, 0.05) is 19.4 Å². The zero-order valence-electron chi connectivity index (χ0n) is 9.86. The zero-order chi connectivity index (χ0) is 11.1. The number of methoxy groups -OCH3 is 1. The first kappa shape index (κ1) is 11.3. The van der Waals surface area contributed by atoms with E-state index in [0.29, 0.717) is 12.5 Å². The van der Waals surface area contributed by atoms with E-state index in [4.69, 9.17) is 18.9 Å². The van der Waals surface area contributed by atoms with E-state index in [9.17, 15) is 0 Å². The fourth-order valence-corrected chi connectivity index (χ4v) is 2.27. The molecule has 4 atom stereocenters. The summed E-state index contributed by atoms with van der Waals surface area (Å²) in [6, 6.07) is 0. The highest BCUT2D eigenvalue weighted by molar-refractivity contribution is 4.87. The third-order valence-electron chi connectivity index (χ3n) is 2.98. The minimum absolute atomic E-state index is 0.0873. The third-order valence-corrected chi connectivity index (χ3v) is 2.98. The first-order valence-electron chi connectivity index (χ1n) is 5.52. The van der Waals surface area contributed by atoms with Crippen LogP contribution in [0.15, 0.2) is 0 Å². The van der Waals surface area contributed by atoms with Crippen LogP contribution in [-0.2, 0) is 18.9 Å². The molecule has 0 aliphatic carbocycles. The molecule has 0 bridgehead atoms. The first-order valence-corrected chi connectivity index (χ1v) is 5.52. The molecule has 15 heavy (non-hydrogen) atoms. The van der Waals surface area contributed by atoms with Crippen molar-refractivity contribution in [1.29, 1.82) is 0 Å². The number of ether oxygens (including phenoxy) is 4. The van der Waals surface area contributed by atoms with Crippen LogP contribution in [0, 0.1) is 5.92 Å². The molecule has 0 aromatic heterocycles. The van der Waals surface area contributed by atoms with Gasteiger partial charge < -0.3 is 18.9 Å². The van der Waals surface area contributed by atoms with Gasteiger partial charge in [-0.1, -0.05) is 6.92 Å². The third kappa shape index (κ3) is 2.33. The van der Waals surface area contributed by atoms with Crippen molar-refractivity contribution in [3.8, 4) is 0 Å². The summed E-state index contributed by atoms with van der Waals surface area (Å²) in [6.45, 7) is 6.68. The van der Waals surface area contributed by atoms with E-state index in [1.54, 1.807) is 7.11 Å². The summed E-state index contributed by atoms with van der Waals surface area (Å²) in [5, 5.41) is 0. The van der Waals surface area contributed by atoms with Gasteiger partial charge in [-0.2, -0.15) is 0 Å². The van der Waals surface area contributed by atoms with E-state index >= 15 is 0 Å². The molecule has 2 aliphatic rings. The average molecular weight is 216 g/mol. The van der Waals surface area contributed by atoms with Gasteiger partial charge in [0.25, 0.3) is 0 Å². The highest BCUT2D eigenvalue weighted by Crippen LogP contribution is 2.38. The largest absolute Gasteiger partial charge is 0.384 e. The van der Waals surface area contributed by atoms with E-state index < -0.39 is 5.79 Å². The lowest BCUT2D eigenvalue weighted by Gasteiger charge is -2.23. The molecular weight excluding hydrogens is 196 g/mol. The van der Waals surface area contributed by atoms with Crippen molar-refractivity contribution < 1.29 is 18.9 Å². The van der Waals surface area contributed by atoms with Gasteiger partial charge in [0.1, 0.15) is 6.10 Å². The summed E-state index contributed by atoms with van der Waals surface area (Å²) in [6.07, 6.45) is 0.989. The second-order valence-corrected chi connectivity index (χ2v) is 4.89. The van der Waals surface area contributed by atoms with Gasteiger partial charge in [0.05, 0.1) is 12.7 Å². The summed E-state index contributed by atoms with van der Waals surface area (Å²) in [4.78, 5) is 0. The Morgan fingerprint density at radius 3 is 2.73 bits per heavy atom. The number of hydrogen-bond donors (Lipinski definition) is 0. The van der Waals surface area contributed by atoms with Crippen LogP contribution in [0.5, 0.6) is 0 Å². The van der Waals surface area contributed by atoms with Gasteiger partial charge in [0.2, 0.25) is 0 Å². The van der Waals surface area contributed by atoms with Crippen molar-refractivity contribution in [2.75, 3.05) is 13.7 Å². The van der Waals surface area contributed by atoms with Gasteiger partial charge in [-0.05, 0) is 13.8 Å². The molecule has 4 unspecified atom stereocenters. The molecule has 0 aromatic carbocycles. The van der Waals surface area contributed by atoms with Gasteiger partial charge in [-0.15, -0.1) is 0 Å². The number of fused-ring (bicyclic) bond motifs is 1. The van der Waals surface area contributed by atoms with Crippen molar-refractivity contribution >= 4 is 0 Å². The molecule has 0 spiro atoms. The van der Waals surface area contributed by atoms with Crippen LogP contribution in [-0.4, -0.2) is 38.0 Å². The van der Waals surface area contributed by atoms with Crippen LogP contribution < -0.4 is 0 Å². The van der Waals surface area contributed by atoms with Crippen molar-refractivity contribution in [3.05, 3.63) is 0 Å². The summed E-state index contributed by atoms with van der Waals surface area (Å²) in [7, 11) is 1.71. The lowest BCUT2D eigenvalue weighted by molar-refractivity contribution is -0.210. The number of rotatable bonds is 3. The smallest absolute Gasteiger partial charge is 0.187 e. The van der Waals surface area contributed by atoms with Gasteiger partial charge >= 0.3 is 0 Å². The molecule has 2 rings (SSSR count). The normalized spacial score (nSPS) is 40.4. The highest BCUT2D eigenvalue weighted by Gasteiger charge is 2.49. The molecule has 0 amide bonds.